The van der Waals surface area contributed by atoms with Crippen LogP contribution >= 0.6 is 0 Å². The molecular weight excluding hydrogens is 182 g/mol. The maximum atomic E-state index is 11.9. The monoisotopic (exact) mass is 192 g/mol. The zero-order valence-corrected chi connectivity index (χ0v) is 7.53. The van der Waals surface area contributed by atoms with Gasteiger partial charge in [-0.1, -0.05) is 36.4 Å². The highest BCUT2D eigenvalue weighted by Crippen LogP contribution is 1.92. The van der Waals surface area contributed by atoms with E-state index in [-0.39, 0.29) is 11.6 Å². The summed E-state index contributed by atoms with van der Waals surface area (Å²) in [7, 11) is 0. The van der Waals surface area contributed by atoms with Crippen LogP contribution in [0.25, 0.3) is 0 Å². The largest absolute Gasteiger partial charge is 0.207 e. The van der Waals surface area contributed by atoms with Crippen molar-refractivity contribution in [3.8, 4) is 0 Å². The van der Waals surface area contributed by atoms with Gasteiger partial charge in [0.1, 0.15) is 11.6 Å². The smallest absolute Gasteiger partial charge is 0.123 e. The first-order valence-corrected chi connectivity index (χ1v) is 4.20. The third kappa shape index (κ3) is 4.36. The summed E-state index contributed by atoms with van der Waals surface area (Å²) in [4.78, 5) is 0. The summed E-state index contributed by atoms with van der Waals surface area (Å²) < 4.78 is 23.8. The van der Waals surface area contributed by atoms with Gasteiger partial charge in [0.15, 0.2) is 0 Å². The Morgan fingerprint density at radius 2 is 0.786 bits per heavy atom. The second kappa shape index (κ2) is 5.86. The van der Waals surface area contributed by atoms with Gasteiger partial charge in [0.2, 0.25) is 0 Å². The summed E-state index contributed by atoms with van der Waals surface area (Å²) in [6.45, 7) is 0. The van der Waals surface area contributed by atoms with Crippen LogP contribution in [0.1, 0.15) is 0 Å². The minimum atomic E-state index is -0.178. The number of hydrogen-bond acceptors (Lipinski definition) is 0. The summed E-state index contributed by atoms with van der Waals surface area (Å²) in [5, 5.41) is 0. The molecule has 0 unspecified atom stereocenters. The Hall–Kier alpha value is -1.70. The van der Waals surface area contributed by atoms with Crippen molar-refractivity contribution >= 4 is 0 Å². The predicted molar refractivity (Wildman–Crippen MR) is 52.8 cm³/mol. The zero-order valence-electron chi connectivity index (χ0n) is 7.53. The summed E-state index contributed by atoms with van der Waals surface area (Å²) in [5.74, 6) is -0.356. The molecule has 0 atom stereocenters. The lowest BCUT2D eigenvalue weighted by molar-refractivity contribution is 0.627. The van der Waals surface area contributed by atoms with Crippen molar-refractivity contribution < 1.29 is 8.78 Å². The first-order valence-electron chi connectivity index (χ1n) is 4.20. The van der Waals surface area contributed by atoms with Gasteiger partial charge in [-0.2, -0.15) is 0 Å². The third-order valence-corrected chi connectivity index (χ3v) is 1.47. The van der Waals surface area contributed by atoms with E-state index in [1.165, 1.54) is 24.3 Å². The molecule has 0 aliphatic heterocycles. The maximum absolute atomic E-state index is 11.9. The van der Waals surface area contributed by atoms with Crippen molar-refractivity contribution in [3.05, 3.63) is 72.3 Å². The van der Waals surface area contributed by atoms with E-state index >= 15 is 0 Å². The van der Waals surface area contributed by atoms with Gasteiger partial charge in [-0.15, -0.1) is 0 Å². The third-order valence-electron chi connectivity index (χ3n) is 1.47. The fourth-order valence-electron chi connectivity index (χ4n) is 0.829. The van der Waals surface area contributed by atoms with Crippen molar-refractivity contribution in [2.24, 2.45) is 0 Å². The van der Waals surface area contributed by atoms with Gasteiger partial charge in [-0.25, -0.2) is 8.78 Å². The van der Waals surface area contributed by atoms with E-state index in [0.717, 1.165) is 0 Å². The minimum Gasteiger partial charge on any atom is -0.207 e. The van der Waals surface area contributed by atoms with Gasteiger partial charge in [-0.05, 0) is 24.3 Å². The SMILES string of the molecule is Fc1ccccc1.Fc1ccccc1. The van der Waals surface area contributed by atoms with Crippen molar-refractivity contribution in [3.63, 3.8) is 0 Å². The summed E-state index contributed by atoms with van der Waals surface area (Å²) in [6, 6.07) is 15.9. The normalized spacial score (nSPS) is 8.71. The molecule has 0 aromatic heterocycles. The van der Waals surface area contributed by atoms with Gasteiger partial charge in [0.25, 0.3) is 0 Å². The van der Waals surface area contributed by atoms with Crippen LogP contribution in [0.2, 0.25) is 0 Å². The molecular formula is C12H10F2. The van der Waals surface area contributed by atoms with E-state index in [0.29, 0.717) is 0 Å². The molecule has 0 aliphatic rings. The molecule has 72 valence electrons. The van der Waals surface area contributed by atoms with Crippen LogP contribution in [0.15, 0.2) is 60.7 Å². The van der Waals surface area contributed by atoms with Crippen molar-refractivity contribution in [1.82, 2.24) is 0 Å². The topological polar surface area (TPSA) is 0 Å². The predicted octanol–water partition coefficient (Wildman–Crippen LogP) is 3.65. The zero-order chi connectivity index (χ0) is 10.2. The van der Waals surface area contributed by atoms with Gasteiger partial charge in [0, 0.05) is 0 Å². The lowest BCUT2D eigenvalue weighted by atomic mass is 10.4. The number of halogens is 2. The fourth-order valence-corrected chi connectivity index (χ4v) is 0.829. The molecule has 0 saturated carbocycles. The van der Waals surface area contributed by atoms with Gasteiger partial charge in [0.05, 0.1) is 0 Å². The Morgan fingerprint density at radius 3 is 0.929 bits per heavy atom. The second-order valence-electron chi connectivity index (χ2n) is 2.59. The highest BCUT2D eigenvalue weighted by atomic mass is 19.1. The molecule has 0 saturated heterocycles. The van der Waals surface area contributed by atoms with Crippen LogP contribution in [0.3, 0.4) is 0 Å². The lowest BCUT2D eigenvalue weighted by Gasteiger charge is -1.78. The fraction of sp³-hybridized carbons (Fsp3) is 0. The molecule has 0 N–H and O–H groups in total. The molecule has 0 amide bonds. The summed E-state index contributed by atoms with van der Waals surface area (Å²) in [6.07, 6.45) is 0. The quantitative estimate of drug-likeness (QED) is 0.597. The van der Waals surface area contributed by atoms with E-state index in [2.05, 4.69) is 0 Å². The lowest BCUT2D eigenvalue weighted by Crippen LogP contribution is -1.63. The van der Waals surface area contributed by atoms with Crippen molar-refractivity contribution in [1.29, 1.82) is 0 Å². The van der Waals surface area contributed by atoms with E-state index in [1.807, 2.05) is 0 Å². The summed E-state index contributed by atoms with van der Waals surface area (Å²) >= 11 is 0. The molecule has 2 aromatic rings. The molecule has 0 heterocycles. The van der Waals surface area contributed by atoms with Crippen LogP contribution in [0, 0.1) is 11.6 Å². The van der Waals surface area contributed by atoms with Crippen molar-refractivity contribution in [2.75, 3.05) is 0 Å². The number of rotatable bonds is 0. The number of benzene rings is 2. The van der Waals surface area contributed by atoms with Gasteiger partial charge >= 0.3 is 0 Å². The van der Waals surface area contributed by atoms with Crippen LogP contribution in [-0.2, 0) is 0 Å². The van der Waals surface area contributed by atoms with Crippen LogP contribution in [-0.4, -0.2) is 0 Å². The van der Waals surface area contributed by atoms with Crippen LogP contribution in [0.4, 0.5) is 8.78 Å². The van der Waals surface area contributed by atoms with Gasteiger partial charge < -0.3 is 0 Å². The molecule has 2 rings (SSSR count). The molecule has 0 fully saturated rings. The second-order valence-corrected chi connectivity index (χ2v) is 2.59. The highest BCUT2D eigenvalue weighted by molar-refractivity contribution is 5.02. The first-order chi connectivity index (χ1) is 6.79. The Bertz CT molecular complexity index is 306. The Labute approximate surface area is 81.8 Å². The molecule has 14 heavy (non-hydrogen) atoms. The Kier molecular flexibility index (Phi) is 4.35. The van der Waals surface area contributed by atoms with Crippen LogP contribution < -0.4 is 0 Å². The highest BCUT2D eigenvalue weighted by Gasteiger charge is 1.77. The van der Waals surface area contributed by atoms with E-state index in [1.54, 1.807) is 36.4 Å². The molecule has 2 heteroatoms. The minimum absolute atomic E-state index is 0.178. The van der Waals surface area contributed by atoms with Crippen molar-refractivity contribution in [2.45, 2.75) is 0 Å². The Morgan fingerprint density at radius 1 is 0.500 bits per heavy atom. The molecule has 0 radical (unpaired) electrons. The van der Waals surface area contributed by atoms with E-state index in [9.17, 15) is 8.78 Å². The average Bonchev–Trinajstić information content (AvgIpc) is 2.21. The van der Waals surface area contributed by atoms with Crippen LogP contribution in [0.5, 0.6) is 0 Å². The first kappa shape index (κ1) is 10.4. The average molecular weight is 192 g/mol. The molecule has 0 bridgehead atoms. The standard InChI is InChI=1S/2C6H5F/c2*7-6-4-2-1-3-5-6/h2*1-5H. The van der Waals surface area contributed by atoms with E-state index in [4.69, 9.17) is 0 Å². The molecule has 0 aliphatic carbocycles. The molecule has 2 aromatic carbocycles. The molecule has 0 spiro atoms. The molecule has 0 nitrogen and oxygen atoms in total. The van der Waals surface area contributed by atoms with E-state index < -0.39 is 0 Å². The summed E-state index contributed by atoms with van der Waals surface area (Å²) in [5.41, 5.74) is 0. The Balaban J connectivity index is 0.000000140. The number of hydrogen-bond donors (Lipinski definition) is 0. The van der Waals surface area contributed by atoms with Gasteiger partial charge in [-0.3, -0.25) is 0 Å². The maximum Gasteiger partial charge on any atom is 0.123 e.